The van der Waals surface area contributed by atoms with Crippen LogP contribution in [0, 0.1) is 0 Å². The van der Waals surface area contributed by atoms with Crippen molar-refractivity contribution in [1.82, 2.24) is 0 Å². The molecule has 0 spiro atoms. The van der Waals surface area contributed by atoms with Gasteiger partial charge in [-0.15, -0.1) is 0 Å². The molecule has 4 nitrogen and oxygen atoms in total. The number of aromatic hydroxyl groups is 1. The van der Waals surface area contributed by atoms with Gasteiger partial charge in [-0.2, -0.15) is 0 Å². The number of benzene rings is 2. The first kappa shape index (κ1) is 14.9. The van der Waals surface area contributed by atoms with Crippen molar-refractivity contribution in [2.45, 2.75) is 19.8 Å². The van der Waals surface area contributed by atoms with Gasteiger partial charge in [0.2, 0.25) is 0 Å². The van der Waals surface area contributed by atoms with E-state index < -0.39 is 0 Å². The van der Waals surface area contributed by atoms with Gasteiger partial charge in [0.25, 0.3) is 5.91 Å². The van der Waals surface area contributed by atoms with Crippen molar-refractivity contribution in [2.75, 3.05) is 12.4 Å². The Kier molecular flexibility index (Phi) is 4.82. The average molecular weight is 285 g/mol. The Hall–Kier alpha value is -2.49. The first-order valence-electron chi connectivity index (χ1n) is 6.92. The van der Waals surface area contributed by atoms with Crippen LogP contribution in [0.1, 0.15) is 29.3 Å². The van der Waals surface area contributed by atoms with Crippen molar-refractivity contribution in [3.63, 3.8) is 0 Å². The number of methoxy groups -OCH3 is 1. The molecular weight excluding hydrogens is 266 g/mol. The van der Waals surface area contributed by atoms with Gasteiger partial charge >= 0.3 is 0 Å². The predicted molar refractivity (Wildman–Crippen MR) is 83.0 cm³/mol. The van der Waals surface area contributed by atoms with Crippen LogP contribution in [0.3, 0.4) is 0 Å². The molecule has 0 bridgehead atoms. The van der Waals surface area contributed by atoms with Gasteiger partial charge in [-0.1, -0.05) is 31.5 Å². The van der Waals surface area contributed by atoms with Crippen LogP contribution < -0.4 is 10.1 Å². The minimum absolute atomic E-state index is 0.0491. The van der Waals surface area contributed by atoms with Crippen LogP contribution >= 0.6 is 0 Å². The van der Waals surface area contributed by atoms with Gasteiger partial charge in [-0.25, -0.2) is 0 Å². The number of hydrogen-bond donors (Lipinski definition) is 2. The Morgan fingerprint density at radius 3 is 2.67 bits per heavy atom. The number of anilines is 1. The number of rotatable bonds is 5. The number of carbonyl (C=O) groups is 1. The van der Waals surface area contributed by atoms with E-state index in [9.17, 15) is 9.90 Å². The number of aryl methyl sites for hydroxylation is 1. The minimum atomic E-state index is -0.253. The molecule has 110 valence electrons. The molecule has 0 aromatic heterocycles. The molecule has 0 aliphatic heterocycles. The highest BCUT2D eigenvalue weighted by Crippen LogP contribution is 2.27. The number of carbonyl (C=O) groups excluding carboxylic acids is 1. The van der Waals surface area contributed by atoms with Crippen molar-refractivity contribution in [1.29, 1.82) is 0 Å². The molecule has 0 aliphatic rings. The van der Waals surface area contributed by atoms with Crippen molar-refractivity contribution < 1.29 is 14.6 Å². The van der Waals surface area contributed by atoms with Gasteiger partial charge in [-0.05, 0) is 36.2 Å². The largest absolute Gasteiger partial charge is 0.504 e. The molecule has 21 heavy (non-hydrogen) atoms. The molecule has 0 radical (unpaired) electrons. The zero-order valence-electron chi connectivity index (χ0n) is 12.2. The topological polar surface area (TPSA) is 58.6 Å². The summed E-state index contributed by atoms with van der Waals surface area (Å²) in [5.74, 6) is 0.0430. The normalized spacial score (nSPS) is 10.2. The summed E-state index contributed by atoms with van der Waals surface area (Å²) in [5, 5.41) is 12.6. The molecule has 0 saturated carbocycles. The summed E-state index contributed by atoms with van der Waals surface area (Å²) in [6.07, 6.45) is 1.92. The van der Waals surface area contributed by atoms with E-state index in [1.807, 2.05) is 24.3 Å². The van der Waals surface area contributed by atoms with Gasteiger partial charge in [-0.3, -0.25) is 4.79 Å². The third-order valence-electron chi connectivity index (χ3n) is 3.23. The maximum atomic E-state index is 12.3. The Bertz CT molecular complexity index is 638. The fourth-order valence-corrected chi connectivity index (χ4v) is 2.16. The summed E-state index contributed by atoms with van der Waals surface area (Å²) >= 11 is 0. The van der Waals surface area contributed by atoms with Gasteiger partial charge in [0.05, 0.1) is 7.11 Å². The van der Waals surface area contributed by atoms with Crippen LogP contribution in [0.4, 0.5) is 5.69 Å². The maximum absolute atomic E-state index is 12.3. The zero-order chi connectivity index (χ0) is 15.2. The molecule has 0 atom stereocenters. The van der Waals surface area contributed by atoms with E-state index >= 15 is 0 Å². The molecule has 0 heterocycles. The second-order valence-corrected chi connectivity index (χ2v) is 4.75. The van der Waals surface area contributed by atoms with Crippen LogP contribution in [0.5, 0.6) is 11.5 Å². The molecule has 2 N–H and O–H groups in total. The van der Waals surface area contributed by atoms with E-state index in [1.54, 1.807) is 12.1 Å². The van der Waals surface area contributed by atoms with E-state index in [2.05, 4.69) is 12.2 Å². The monoisotopic (exact) mass is 285 g/mol. The molecule has 0 aliphatic carbocycles. The highest BCUT2D eigenvalue weighted by Gasteiger charge is 2.11. The standard InChI is InChI=1S/C17H19NO3/c1-3-6-12-7-4-5-8-14(12)18-17(20)13-9-10-16(21-2)15(19)11-13/h4-5,7-11,19H,3,6H2,1-2H3,(H,18,20). The van der Waals surface area contributed by atoms with Gasteiger partial charge in [0.1, 0.15) is 0 Å². The Labute approximate surface area is 124 Å². The summed E-state index contributed by atoms with van der Waals surface area (Å²) in [4.78, 5) is 12.3. The number of para-hydroxylation sites is 1. The lowest BCUT2D eigenvalue weighted by Crippen LogP contribution is -2.13. The van der Waals surface area contributed by atoms with Crippen LogP contribution in [0.15, 0.2) is 42.5 Å². The van der Waals surface area contributed by atoms with Gasteiger partial charge < -0.3 is 15.2 Å². The number of amides is 1. The third kappa shape index (κ3) is 3.54. The number of phenolic OH excluding ortho intramolecular Hbond substituents is 1. The Morgan fingerprint density at radius 2 is 2.00 bits per heavy atom. The van der Waals surface area contributed by atoms with Crippen molar-refractivity contribution in [2.24, 2.45) is 0 Å². The predicted octanol–water partition coefficient (Wildman–Crippen LogP) is 3.61. The first-order chi connectivity index (χ1) is 10.2. The molecule has 4 heteroatoms. The lowest BCUT2D eigenvalue weighted by molar-refractivity contribution is 0.102. The van der Waals surface area contributed by atoms with E-state index in [-0.39, 0.29) is 11.7 Å². The fourth-order valence-electron chi connectivity index (χ4n) is 2.16. The van der Waals surface area contributed by atoms with Crippen molar-refractivity contribution in [3.8, 4) is 11.5 Å². The smallest absolute Gasteiger partial charge is 0.255 e. The highest BCUT2D eigenvalue weighted by atomic mass is 16.5. The summed E-state index contributed by atoms with van der Waals surface area (Å²) < 4.78 is 4.97. The van der Waals surface area contributed by atoms with E-state index in [0.29, 0.717) is 11.3 Å². The summed E-state index contributed by atoms with van der Waals surface area (Å²) in [5.41, 5.74) is 2.30. The molecule has 2 rings (SSSR count). The minimum Gasteiger partial charge on any atom is -0.504 e. The third-order valence-corrected chi connectivity index (χ3v) is 3.23. The molecule has 1 amide bonds. The number of phenols is 1. The summed E-state index contributed by atoms with van der Waals surface area (Å²) in [6, 6.07) is 12.3. The molecular formula is C17H19NO3. The Balaban J connectivity index is 2.20. The zero-order valence-corrected chi connectivity index (χ0v) is 12.2. The molecule has 2 aromatic rings. The van der Waals surface area contributed by atoms with Gasteiger partial charge in [0, 0.05) is 11.3 Å². The van der Waals surface area contributed by atoms with Crippen molar-refractivity contribution in [3.05, 3.63) is 53.6 Å². The van der Waals surface area contributed by atoms with Gasteiger partial charge in [0.15, 0.2) is 11.5 Å². The molecule has 0 fully saturated rings. The van der Waals surface area contributed by atoms with Crippen LogP contribution in [-0.2, 0) is 6.42 Å². The Morgan fingerprint density at radius 1 is 1.24 bits per heavy atom. The lowest BCUT2D eigenvalue weighted by atomic mass is 10.1. The second-order valence-electron chi connectivity index (χ2n) is 4.75. The molecule has 0 saturated heterocycles. The van der Waals surface area contributed by atoms with Crippen LogP contribution in [0.2, 0.25) is 0 Å². The number of nitrogens with one attached hydrogen (secondary N) is 1. The SMILES string of the molecule is CCCc1ccccc1NC(=O)c1ccc(OC)c(O)c1. The van der Waals surface area contributed by atoms with E-state index in [4.69, 9.17) is 4.74 Å². The van der Waals surface area contributed by atoms with E-state index in [1.165, 1.54) is 13.2 Å². The van der Waals surface area contributed by atoms with Crippen LogP contribution in [-0.4, -0.2) is 18.1 Å². The van der Waals surface area contributed by atoms with Crippen molar-refractivity contribution >= 4 is 11.6 Å². The number of ether oxygens (including phenoxy) is 1. The quantitative estimate of drug-likeness (QED) is 0.882. The summed E-state index contributed by atoms with van der Waals surface area (Å²) in [6.45, 7) is 2.10. The number of hydrogen-bond acceptors (Lipinski definition) is 3. The first-order valence-corrected chi connectivity index (χ1v) is 6.92. The second kappa shape index (κ2) is 6.79. The summed E-state index contributed by atoms with van der Waals surface area (Å²) in [7, 11) is 1.47. The van der Waals surface area contributed by atoms with E-state index in [0.717, 1.165) is 24.1 Å². The molecule has 2 aromatic carbocycles. The fraction of sp³-hybridized carbons (Fsp3) is 0.235. The lowest BCUT2D eigenvalue weighted by Gasteiger charge is -2.11. The van der Waals surface area contributed by atoms with Crippen LogP contribution in [0.25, 0.3) is 0 Å². The average Bonchev–Trinajstić information content (AvgIpc) is 2.49. The maximum Gasteiger partial charge on any atom is 0.255 e. The molecule has 0 unspecified atom stereocenters. The highest BCUT2D eigenvalue weighted by molar-refractivity contribution is 6.05.